The number of carbonyl (C=O) groups is 2. The number of carboxylic acid groups (broad SMARTS) is 1. The van der Waals surface area contributed by atoms with Gasteiger partial charge >= 0.3 is 5.97 Å². The van der Waals surface area contributed by atoms with Crippen molar-refractivity contribution in [1.82, 2.24) is 15.1 Å². The lowest BCUT2D eigenvalue weighted by atomic mass is 10.0. The number of nitrogens with one attached hydrogen (secondary N) is 1. The molecule has 6 nitrogen and oxygen atoms in total. The Morgan fingerprint density at radius 3 is 2.56 bits per heavy atom. The molecule has 2 N–H and O–H groups in total. The zero-order valence-electron chi connectivity index (χ0n) is 9.52. The van der Waals surface area contributed by atoms with Crippen LogP contribution in [0.2, 0.25) is 0 Å². The number of carboxylic acids is 1. The van der Waals surface area contributed by atoms with Gasteiger partial charge in [-0.1, -0.05) is 0 Å². The molecule has 6 heteroatoms. The minimum atomic E-state index is -1.23. The van der Waals surface area contributed by atoms with E-state index < -0.39 is 11.5 Å². The van der Waals surface area contributed by atoms with E-state index in [1.54, 1.807) is 6.92 Å². The Balaban J connectivity index is 3.00. The average Bonchev–Trinajstić information content (AvgIpc) is 2.70. The minimum absolute atomic E-state index is 0.323. The van der Waals surface area contributed by atoms with Gasteiger partial charge < -0.3 is 10.0 Å². The van der Waals surface area contributed by atoms with Crippen molar-refractivity contribution in [3.63, 3.8) is 0 Å². The molecular formula is C10H15N3O3. The highest BCUT2D eigenvalue weighted by Gasteiger charge is 2.37. The third-order valence-electron chi connectivity index (χ3n) is 2.50. The predicted octanol–water partition coefficient (Wildman–Crippen LogP) is 0.735. The standard InChI is InChI=1S/C10H15N3O3/c1-4-13(10(2,3)9(15)16)8(14)7-5-11-12-6-7/h5-6H,4H2,1-3H3,(H,11,12)(H,15,16). The molecule has 1 rings (SSSR count). The Bertz CT molecular complexity index is 384. The first kappa shape index (κ1) is 12.2. The lowest BCUT2D eigenvalue weighted by Gasteiger charge is -2.33. The normalized spacial score (nSPS) is 11.2. The lowest BCUT2D eigenvalue weighted by Crippen LogP contribution is -2.52. The Labute approximate surface area is 93.3 Å². The van der Waals surface area contributed by atoms with E-state index in [2.05, 4.69) is 10.2 Å². The van der Waals surface area contributed by atoms with Crippen molar-refractivity contribution in [3.8, 4) is 0 Å². The third-order valence-corrected chi connectivity index (χ3v) is 2.50. The fraction of sp³-hybridized carbons (Fsp3) is 0.500. The van der Waals surface area contributed by atoms with Gasteiger partial charge in [0.1, 0.15) is 5.54 Å². The first-order valence-electron chi connectivity index (χ1n) is 4.95. The van der Waals surface area contributed by atoms with E-state index in [4.69, 9.17) is 5.11 Å². The van der Waals surface area contributed by atoms with E-state index in [1.807, 2.05) is 0 Å². The van der Waals surface area contributed by atoms with Gasteiger partial charge in [0.25, 0.3) is 5.91 Å². The van der Waals surface area contributed by atoms with Crippen molar-refractivity contribution in [2.24, 2.45) is 0 Å². The number of nitrogens with zero attached hydrogens (tertiary/aromatic N) is 2. The number of likely N-dealkylation sites (N-methyl/N-ethyl adjacent to an activating group) is 1. The van der Waals surface area contributed by atoms with Gasteiger partial charge in [-0.25, -0.2) is 4.79 Å². The quantitative estimate of drug-likeness (QED) is 0.791. The van der Waals surface area contributed by atoms with E-state index in [0.29, 0.717) is 12.1 Å². The van der Waals surface area contributed by atoms with Gasteiger partial charge in [-0.2, -0.15) is 5.10 Å². The monoisotopic (exact) mass is 225 g/mol. The van der Waals surface area contributed by atoms with Crippen LogP contribution in [-0.2, 0) is 4.79 Å². The van der Waals surface area contributed by atoms with Crippen LogP contribution in [0.4, 0.5) is 0 Å². The van der Waals surface area contributed by atoms with E-state index in [1.165, 1.54) is 31.1 Å². The molecule has 0 radical (unpaired) electrons. The summed E-state index contributed by atoms with van der Waals surface area (Å²) in [7, 11) is 0. The summed E-state index contributed by atoms with van der Waals surface area (Å²) in [5, 5.41) is 15.3. The molecule has 1 amide bonds. The van der Waals surface area contributed by atoms with Crippen LogP contribution in [0.3, 0.4) is 0 Å². The number of H-pyrrole nitrogens is 1. The molecule has 0 atom stereocenters. The second-order valence-electron chi connectivity index (χ2n) is 3.90. The minimum Gasteiger partial charge on any atom is -0.480 e. The maximum Gasteiger partial charge on any atom is 0.329 e. The molecule has 0 bridgehead atoms. The predicted molar refractivity (Wildman–Crippen MR) is 57.0 cm³/mol. The van der Waals surface area contributed by atoms with Crippen LogP contribution in [-0.4, -0.2) is 44.2 Å². The molecule has 0 spiro atoms. The SMILES string of the molecule is CCN(C(=O)c1cn[nH]c1)C(C)(C)C(=O)O. The molecule has 0 saturated heterocycles. The van der Waals surface area contributed by atoms with Crippen molar-refractivity contribution in [2.75, 3.05) is 6.54 Å². The van der Waals surface area contributed by atoms with Crippen LogP contribution in [0.25, 0.3) is 0 Å². The van der Waals surface area contributed by atoms with Crippen molar-refractivity contribution < 1.29 is 14.7 Å². The van der Waals surface area contributed by atoms with Gasteiger partial charge in [-0.15, -0.1) is 0 Å². The van der Waals surface area contributed by atoms with E-state index in [9.17, 15) is 9.59 Å². The molecule has 16 heavy (non-hydrogen) atoms. The Morgan fingerprint density at radius 1 is 1.56 bits per heavy atom. The molecule has 0 aliphatic rings. The second kappa shape index (κ2) is 4.34. The smallest absolute Gasteiger partial charge is 0.329 e. The third kappa shape index (κ3) is 2.05. The first-order chi connectivity index (χ1) is 7.41. The molecule has 1 aromatic heterocycles. The lowest BCUT2D eigenvalue weighted by molar-refractivity contribution is -0.147. The molecule has 0 fully saturated rings. The number of aromatic nitrogens is 2. The van der Waals surface area contributed by atoms with Gasteiger partial charge in [0.15, 0.2) is 0 Å². The molecule has 1 heterocycles. The van der Waals surface area contributed by atoms with Gasteiger partial charge in [-0.05, 0) is 20.8 Å². The van der Waals surface area contributed by atoms with Crippen molar-refractivity contribution in [2.45, 2.75) is 26.3 Å². The summed E-state index contributed by atoms with van der Waals surface area (Å²) in [4.78, 5) is 24.4. The number of amides is 1. The Kier molecular flexibility index (Phi) is 3.31. The summed E-state index contributed by atoms with van der Waals surface area (Å²) < 4.78 is 0. The number of hydrogen-bond donors (Lipinski definition) is 2. The van der Waals surface area contributed by atoms with Crippen molar-refractivity contribution in [1.29, 1.82) is 0 Å². The molecule has 0 unspecified atom stereocenters. The highest BCUT2D eigenvalue weighted by atomic mass is 16.4. The number of aliphatic carboxylic acids is 1. The van der Waals surface area contributed by atoms with Gasteiger partial charge in [0.2, 0.25) is 0 Å². The fourth-order valence-corrected chi connectivity index (χ4v) is 1.43. The summed E-state index contributed by atoms with van der Waals surface area (Å²) >= 11 is 0. The molecule has 0 aliphatic carbocycles. The molecule has 0 aliphatic heterocycles. The highest BCUT2D eigenvalue weighted by Crippen LogP contribution is 2.17. The Morgan fingerprint density at radius 2 is 2.19 bits per heavy atom. The number of aromatic amines is 1. The van der Waals surface area contributed by atoms with Crippen LogP contribution < -0.4 is 0 Å². The van der Waals surface area contributed by atoms with Crippen LogP contribution >= 0.6 is 0 Å². The van der Waals surface area contributed by atoms with E-state index in [0.717, 1.165) is 0 Å². The summed E-state index contributed by atoms with van der Waals surface area (Å²) in [6.07, 6.45) is 2.83. The van der Waals surface area contributed by atoms with Crippen LogP contribution in [0, 0.1) is 0 Å². The zero-order valence-corrected chi connectivity index (χ0v) is 9.52. The van der Waals surface area contributed by atoms with Crippen LogP contribution in [0.15, 0.2) is 12.4 Å². The Hall–Kier alpha value is -1.85. The number of rotatable bonds is 4. The first-order valence-corrected chi connectivity index (χ1v) is 4.95. The average molecular weight is 225 g/mol. The second-order valence-corrected chi connectivity index (χ2v) is 3.90. The van der Waals surface area contributed by atoms with Crippen molar-refractivity contribution in [3.05, 3.63) is 18.0 Å². The fourth-order valence-electron chi connectivity index (χ4n) is 1.43. The number of carbonyl (C=O) groups excluding carboxylic acids is 1. The zero-order chi connectivity index (χ0) is 12.3. The van der Waals surface area contributed by atoms with Crippen LogP contribution in [0.5, 0.6) is 0 Å². The van der Waals surface area contributed by atoms with Crippen LogP contribution in [0.1, 0.15) is 31.1 Å². The highest BCUT2D eigenvalue weighted by molar-refractivity contribution is 5.97. The van der Waals surface area contributed by atoms with Gasteiger partial charge in [0, 0.05) is 12.7 Å². The largest absolute Gasteiger partial charge is 0.480 e. The van der Waals surface area contributed by atoms with Crippen molar-refractivity contribution >= 4 is 11.9 Å². The maximum atomic E-state index is 12.0. The molecule has 1 aromatic rings. The summed E-state index contributed by atoms with van der Waals surface area (Å²) in [5.74, 6) is -1.38. The molecule has 88 valence electrons. The topological polar surface area (TPSA) is 86.3 Å². The summed E-state index contributed by atoms with van der Waals surface area (Å²) in [5.41, 5.74) is -0.875. The van der Waals surface area contributed by atoms with Gasteiger partial charge in [-0.3, -0.25) is 9.89 Å². The maximum absolute atomic E-state index is 12.0. The molecule has 0 aromatic carbocycles. The summed E-state index contributed by atoms with van der Waals surface area (Å²) in [6.45, 7) is 5.06. The van der Waals surface area contributed by atoms with E-state index in [-0.39, 0.29) is 5.91 Å². The summed E-state index contributed by atoms with van der Waals surface area (Å²) in [6, 6.07) is 0. The van der Waals surface area contributed by atoms with E-state index >= 15 is 0 Å². The molecule has 0 saturated carbocycles. The van der Waals surface area contributed by atoms with Gasteiger partial charge in [0.05, 0.1) is 11.8 Å². The number of hydrogen-bond acceptors (Lipinski definition) is 3. The molecular weight excluding hydrogens is 210 g/mol.